The smallest absolute Gasteiger partial charge is 0.288 e. The molecule has 1 heterocycles. The van der Waals surface area contributed by atoms with Gasteiger partial charge in [0.15, 0.2) is 0 Å². The Morgan fingerprint density at radius 2 is 1.83 bits per heavy atom. The molecule has 1 aromatic heterocycles. The topological polar surface area (TPSA) is 60.7 Å². The number of para-hydroxylation sites is 1. The maximum absolute atomic E-state index is 12.7. The summed E-state index contributed by atoms with van der Waals surface area (Å²) in [6.07, 6.45) is 0. The van der Waals surface area contributed by atoms with E-state index in [1.165, 1.54) is 24.5 Å². The maximum Gasteiger partial charge on any atom is 0.288 e. The molecule has 0 unspecified atom stereocenters. The van der Waals surface area contributed by atoms with Crippen LogP contribution in [0.3, 0.4) is 0 Å². The predicted molar refractivity (Wildman–Crippen MR) is 92.5 cm³/mol. The molecule has 0 radical (unpaired) electrons. The number of thiazole rings is 1. The molecule has 0 N–H and O–H groups in total. The predicted octanol–water partition coefficient (Wildman–Crippen LogP) is 2.99. The van der Waals surface area contributed by atoms with E-state index in [4.69, 9.17) is 4.74 Å². The van der Waals surface area contributed by atoms with Gasteiger partial charge in [0.25, 0.3) is 10.0 Å². The summed E-state index contributed by atoms with van der Waals surface area (Å²) in [4.78, 5) is 1.65. The molecule has 2 aromatic rings. The number of aromatic nitrogens is 1. The van der Waals surface area contributed by atoms with Crippen molar-refractivity contribution in [2.24, 2.45) is 11.4 Å². The standard InChI is InChI=1S/C16H22N2O3S2/c1-11-14(16(2,3)4)22-15(18(11)5)17-23(19,20)13-10-8-7-9-12(13)21-6/h7-10H,1-6H3/b17-15+. The van der Waals surface area contributed by atoms with Crippen LogP contribution in [0, 0.1) is 6.92 Å². The zero-order valence-corrected chi connectivity index (χ0v) is 15.9. The van der Waals surface area contributed by atoms with Gasteiger partial charge in [0.2, 0.25) is 4.80 Å². The van der Waals surface area contributed by atoms with E-state index in [-0.39, 0.29) is 10.3 Å². The van der Waals surface area contributed by atoms with Crippen LogP contribution in [0.5, 0.6) is 5.75 Å². The van der Waals surface area contributed by atoms with E-state index in [0.717, 1.165) is 10.6 Å². The molecule has 5 nitrogen and oxygen atoms in total. The Hall–Kier alpha value is -1.60. The molecule has 0 spiro atoms. The molecule has 1 aromatic carbocycles. The van der Waals surface area contributed by atoms with Crippen molar-refractivity contribution < 1.29 is 13.2 Å². The van der Waals surface area contributed by atoms with Crippen molar-refractivity contribution in [3.63, 3.8) is 0 Å². The Morgan fingerprint density at radius 3 is 2.35 bits per heavy atom. The van der Waals surface area contributed by atoms with Crippen molar-refractivity contribution in [2.45, 2.75) is 38.0 Å². The summed E-state index contributed by atoms with van der Waals surface area (Å²) in [6.45, 7) is 8.28. The van der Waals surface area contributed by atoms with Gasteiger partial charge >= 0.3 is 0 Å². The van der Waals surface area contributed by atoms with E-state index < -0.39 is 10.0 Å². The van der Waals surface area contributed by atoms with Gasteiger partial charge < -0.3 is 9.30 Å². The van der Waals surface area contributed by atoms with Crippen molar-refractivity contribution in [2.75, 3.05) is 7.11 Å². The third-order valence-corrected chi connectivity index (χ3v) is 6.62. The number of hydrogen-bond donors (Lipinski definition) is 0. The van der Waals surface area contributed by atoms with Gasteiger partial charge in [0.1, 0.15) is 10.6 Å². The van der Waals surface area contributed by atoms with Crippen LogP contribution in [0.1, 0.15) is 31.3 Å². The van der Waals surface area contributed by atoms with Gasteiger partial charge in [-0.25, -0.2) is 0 Å². The number of hydrogen-bond acceptors (Lipinski definition) is 4. The van der Waals surface area contributed by atoms with E-state index >= 15 is 0 Å². The van der Waals surface area contributed by atoms with E-state index in [1.807, 2.05) is 18.5 Å². The van der Waals surface area contributed by atoms with E-state index in [0.29, 0.717) is 10.6 Å². The quantitative estimate of drug-likeness (QED) is 0.851. The summed E-state index contributed by atoms with van der Waals surface area (Å²) in [5, 5.41) is 0. The van der Waals surface area contributed by atoms with Crippen molar-refractivity contribution in [1.82, 2.24) is 4.57 Å². The van der Waals surface area contributed by atoms with Crippen molar-refractivity contribution in [3.05, 3.63) is 39.6 Å². The van der Waals surface area contributed by atoms with Gasteiger partial charge in [-0.05, 0) is 24.5 Å². The third-order valence-electron chi connectivity index (χ3n) is 3.54. The lowest BCUT2D eigenvalue weighted by Crippen LogP contribution is -2.15. The number of methoxy groups -OCH3 is 1. The summed E-state index contributed by atoms with van der Waals surface area (Å²) in [7, 11) is -0.561. The Morgan fingerprint density at radius 1 is 1.22 bits per heavy atom. The molecule has 0 atom stereocenters. The summed E-state index contributed by atoms with van der Waals surface area (Å²) >= 11 is 1.40. The molecule has 23 heavy (non-hydrogen) atoms. The molecule has 0 aliphatic rings. The van der Waals surface area contributed by atoms with Gasteiger partial charge in [0, 0.05) is 17.6 Å². The highest BCUT2D eigenvalue weighted by atomic mass is 32.2. The van der Waals surface area contributed by atoms with Gasteiger partial charge in [0.05, 0.1) is 7.11 Å². The Balaban J connectivity index is 2.67. The number of ether oxygens (including phenoxy) is 1. The minimum Gasteiger partial charge on any atom is -0.495 e. The van der Waals surface area contributed by atoms with Crippen LogP contribution in [0.25, 0.3) is 0 Å². The number of benzene rings is 1. The SMILES string of the molecule is COc1ccccc1S(=O)(=O)/N=c1/sc(C(C)(C)C)c(C)n1C. The molecule has 0 aliphatic carbocycles. The first-order chi connectivity index (χ1) is 10.6. The van der Waals surface area contributed by atoms with Crippen molar-refractivity contribution in [1.29, 1.82) is 0 Å². The molecule has 2 rings (SSSR count). The van der Waals surface area contributed by atoms with Crippen molar-refractivity contribution in [3.8, 4) is 5.75 Å². The second-order valence-electron chi connectivity index (χ2n) is 6.33. The van der Waals surface area contributed by atoms with Crippen LogP contribution >= 0.6 is 11.3 Å². The average molecular weight is 354 g/mol. The fourth-order valence-corrected chi connectivity index (χ4v) is 4.86. The fourth-order valence-electron chi connectivity index (χ4n) is 2.29. The molecule has 0 fully saturated rings. The first-order valence-corrected chi connectivity index (χ1v) is 9.44. The van der Waals surface area contributed by atoms with Crippen LogP contribution in [0.4, 0.5) is 0 Å². The molecule has 0 saturated heterocycles. The van der Waals surface area contributed by atoms with Gasteiger partial charge in [-0.15, -0.1) is 15.7 Å². The highest BCUT2D eigenvalue weighted by molar-refractivity contribution is 7.90. The van der Waals surface area contributed by atoms with Gasteiger partial charge in [-0.3, -0.25) is 0 Å². The molecular weight excluding hydrogens is 332 g/mol. The van der Waals surface area contributed by atoms with Crippen LogP contribution in [0.2, 0.25) is 0 Å². The molecule has 7 heteroatoms. The lowest BCUT2D eigenvalue weighted by atomic mass is 9.93. The molecule has 0 amide bonds. The van der Waals surface area contributed by atoms with Crippen molar-refractivity contribution >= 4 is 21.4 Å². The first kappa shape index (κ1) is 17.7. The minimum absolute atomic E-state index is 0.0610. The number of rotatable bonds is 3. The fraction of sp³-hybridized carbons (Fsp3) is 0.438. The average Bonchev–Trinajstić information content (AvgIpc) is 2.75. The first-order valence-electron chi connectivity index (χ1n) is 7.19. The maximum atomic E-state index is 12.7. The Bertz CT molecular complexity index is 885. The Labute approximate surface area is 141 Å². The second kappa shape index (κ2) is 6.13. The summed E-state index contributed by atoms with van der Waals surface area (Å²) < 4.78 is 36.3. The summed E-state index contributed by atoms with van der Waals surface area (Å²) in [5.41, 5.74) is 0.963. The normalized spacial score (nSPS) is 13.4. The zero-order chi connectivity index (χ0) is 17.4. The van der Waals surface area contributed by atoms with Crippen LogP contribution in [-0.4, -0.2) is 20.1 Å². The molecular formula is C16H22N2O3S2. The lowest BCUT2D eigenvalue weighted by molar-refractivity contribution is 0.402. The Kier molecular flexibility index (Phi) is 4.73. The summed E-state index contributed by atoms with van der Waals surface area (Å²) in [6, 6.07) is 6.50. The monoisotopic (exact) mass is 354 g/mol. The molecule has 0 saturated carbocycles. The zero-order valence-electron chi connectivity index (χ0n) is 14.2. The van der Waals surface area contributed by atoms with Gasteiger partial charge in [-0.1, -0.05) is 32.9 Å². The minimum atomic E-state index is -3.84. The molecule has 0 bridgehead atoms. The third kappa shape index (κ3) is 3.50. The van der Waals surface area contributed by atoms with E-state index in [9.17, 15) is 8.42 Å². The van der Waals surface area contributed by atoms with Crippen LogP contribution in [0.15, 0.2) is 33.6 Å². The summed E-state index contributed by atoms with van der Waals surface area (Å²) in [5.74, 6) is 0.295. The van der Waals surface area contributed by atoms with E-state index in [2.05, 4.69) is 25.2 Å². The van der Waals surface area contributed by atoms with Crippen LogP contribution < -0.4 is 9.54 Å². The van der Waals surface area contributed by atoms with Gasteiger partial charge in [-0.2, -0.15) is 8.42 Å². The van der Waals surface area contributed by atoms with Crippen LogP contribution in [-0.2, 0) is 22.5 Å². The highest BCUT2D eigenvalue weighted by Gasteiger charge is 2.23. The number of sulfonamides is 1. The second-order valence-corrected chi connectivity index (χ2v) is 8.88. The van der Waals surface area contributed by atoms with E-state index in [1.54, 1.807) is 18.2 Å². The molecule has 126 valence electrons. The molecule has 0 aliphatic heterocycles. The highest BCUT2D eigenvalue weighted by Crippen LogP contribution is 2.28. The number of nitrogens with zero attached hydrogens (tertiary/aromatic N) is 2. The largest absolute Gasteiger partial charge is 0.495 e. The lowest BCUT2D eigenvalue weighted by Gasteiger charge is -2.17.